The average Bonchev–Trinajstić information content (AvgIpc) is 2.72. The van der Waals surface area contributed by atoms with Crippen LogP contribution in [0.4, 0.5) is 13.2 Å². The third-order valence-electron chi connectivity index (χ3n) is 3.03. The summed E-state index contributed by atoms with van der Waals surface area (Å²) in [7, 11) is 1.80. The fourth-order valence-electron chi connectivity index (χ4n) is 2.05. The number of ether oxygens (including phenoxy) is 1. The van der Waals surface area contributed by atoms with Gasteiger partial charge in [-0.3, -0.25) is 4.68 Å². The van der Waals surface area contributed by atoms with Crippen LogP contribution in [0.5, 0.6) is 0 Å². The van der Waals surface area contributed by atoms with Crippen molar-refractivity contribution in [2.24, 2.45) is 0 Å². The van der Waals surface area contributed by atoms with E-state index in [9.17, 15) is 13.2 Å². The van der Waals surface area contributed by atoms with Gasteiger partial charge in [-0.05, 0) is 33.4 Å². The number of hydrogen-bond donors (Lipinski definition) is 1. The molecule has 0 amide bonds. The van der Waals surface area contributed by atoms with Crippen LogP contribution in [0.1, 0.15) is 24.7 Å². The maximum absolute atomic E-state index is 12.0. The average molecular weight is 293 g/mol. The molecule has 1 atom stereocenters. The summed E-state index contributed by atoms with van der Waals surface area (Å²) in [5.41, 5.74) is 2.03. The van der Waals surface area contributed by atoms with Crippen molar-refractivity contribution in [1.82, 2.24) is 15.1 Å². The molecule has 1 heterocycles. The van der Waals surface area contributed by atoms with E-state index in [0.29, 0.717) is 6.42 Å². The van der Waals surface area contributed by atoms with E-state index in [1.807, 2.05) is 24.6 Å². The lowest BCUT2D eigenvalue weighted by atomic mass is 10.1. The molecule has 0 aliphatic rings. The first-order chi connectivity index (χ1) is 9.35. The standard InChI is InChI=1S/C13H22F3N3O/c1-4-19-12(7-10(2)18-19)8-11(17-3)5-6-20-9-13(14,15)16/h7,11,17H,4-6,8-9H2,1-3H3. The van der Waals surface area contributed by atoms with Crippen LogP contribution in [0, 0.1) is 6.92 Å². The number of rotatable bonds is 8. The van der Waals surface area contributed by atoms with E-state index < -0.39 is 12.8 Å². The summed E-state index contributed by atoms with van der Waals surface area (Å²) in [4.78, 5) is 0. The number of halogens is 3. The lowest BCUT2D eigenvalue weighted by Gasteiger charge is -2.17. The molecule has 0 saturated heterocycles. The van der Waals surface area contributed by atoms with E-state index in [1.165, 1.54) is 0 Å². The van der Waals surface area contributed by atoms with Crippen molar-refractivity contribution < 1.29 is 17.9 Å². The highest BCUT2D eigenvalue weighted by Gasteiger charge is 2.27. The molecule has 1 unspecified atom stereocenters. The second kappa shape index (κ2) is 7.64. The molecule has 0 aliphatic heterocycles. The van der Waals surface area contributed by atoms with Crippen LogP contribution in [-0.2, 0) is 17.7 Å². The Morgan fingerprint density at radius 2 is 2.15 bits per heavy atom. The molecule has 7 heteroatoms. The van der Waals surface area contributed by atoms with Crippen molar-refractivity contribution in [2.45, 2.75) is 45.5 Å². The van der Waals surface area contributed by atoms with Gasteiger partial charge in [-0.1, -0.05) is 0 Å². The van der Waals surface area contributed by atoms with Crippen LogP contribution < -0.4 is 5.32 Å². The molecule has 0 aromatic carbocycles. The largest absolute Gasteiger partial charge is 0.411 e. The molecule has 116 valence electrons. The topological polar surface area (TPSA) is 39.1 Å². The van der Waals surface area contributed by atoms with E-state index >= 15 is 0 Å². The summed E-state index contributed by atoms with van der Waals surface area (Å²) in [6.07, 6.45) is -3.01. The predicted molar refractivity (Wildman–Crippen MR) is 70.7 cm³/mol. The van der Waals surface area contributed by atoms with Crippen molar-refractivity contribution in [3.63, 3.8) is 0 Å². The summed E-state index contributed by atoms with van der Waals surface area (Å²) < 4.78 is 42.4. The van der Waals surface area contributed by atoms with Gasteiger partial charge in [0.05, 0.1) is 5.69 Å². The molecule has 0 radical (unpaired) electrons. The summed E-state index contributed by atoms with van der Waals surface area (Å²) in [5.74, 6) is 0. The van der Waals surface area contributed by atoms with Crippen molar-refractivity contribution in [1.29, 1.82) is 0 Å². The molecule has 0 spiro atoms. The highest BCUT2D eigenvalue weighted by molar-refractivity contribution is 5.10. The van der Waals surface area contributed by atoms with Gasteiger partial charge in [0, 0.05) is 31.3 Å². The molecular weight excluding hydrogens is 271 g/mol. The maximum Gasteiger partial charge on any atom is 0.411 e. The Kier molecular flexibility index (Phi) is 6.48. The maximum atomic E-state index is 12.0. The Labute approximate surface area is 117 Å². The molecule has 1 aromatic rings. The van der Waals surface area contributed by atoms with Gasteiger partial charge >= 0.3 is 6.18 Å². The zero-order valence-corrected chi connectivity index (χ0v) is 12.1. The van der Waals surface area contributed by atoms with E-state index in [1.54, 1.807) is 7.05 Å². The highest BCUT2D eigenvalue weighted by Crippen LogP contribution is 2.15. The molecule has 20 heavy (non-hydrogen) atoms. The van der Waals surface area contributed by atoms with Crippen molar-refractivity contribution in [3.05, 3.63) is 17.5 Å². The third kappa shape index (κ3) is 5.92. The molecule has 1 aromatic heterocycles. The second-order valence-corrected chi connectivity index (χ2v) is 4.74. The predicted octanol–water partition coefficient (Wildman–Crippen LogP) is 2.31. The van der Waals surface area contributed by atoms with E-state index in [4.69, 9.17) is 0 Å². The van der Waals surface area contributed by atoms with Gasteiger partial charge in [0.25, 0.3) is 0 Å². The monoisotopic (exact) mass is 293 g/mol. The first-order valence-electron chi connectivity index (χ1n) is 6.70. The first-order valence-corrected chi connectivity index (χ1v) is 6.70. The Hall–Kier alpha value is -1.08. The molecule has 0 saturated carbocycles. The molecule has 1 rings (SSSR count). The van der Waals surface area contributed by atoms with E-state index in [2.05, 4.69) is 15.2 Å². The summed E-state index contributed by atoms with van der Waals surface area (Å²) >= 11 is 0. The second-order valence-electron chi connectivity index (χ2n) is 4.74. The van der Waals surface area contributed by atoms with Crippen molar-refractivity contribution >= 4 is 0 Å². The Morgan fingerprint density at radius 1 is 1.45 bits per heavy atom. The van der Waals surface area contributed by atoms with E-state index in [0.717, 1.165) is 24.4 Å². The minimum absolute atomic E-state index is 0.0737. The first kappa shape index (κ1) is 17.0. The molecule has 0 aliphatic carbocycles. The van der Waals surface area contributed by atoms with Crippen molar-refractivity contribution in [2.75, 3.05) is 20.3 Å². The number of aromatic nitrogens is 2. The summed E-state index contributed by atoms with van der Waals surface area (Å²) in [5, 5.41) is 7.46. The Morgan fingerprint density at radius 3 is 2.70 bits per heavy atom. The van der Waals surface area contributed by atoms with Gasteiger partial charge in [0.2, 0.25) is 0 Å². The normalized spacial score (nSPS) is 13.7. The smallest absolute Gasteiger partial charge is 0.372 e. The number of nitrogens with zero attached hydrogens (tertiary/aromatic N) is 2. The van der Waals surface area contributed by atoms with Gasteiger partial charge in [-0.2, -0.15) is 18.3 Å². The molecule has 0 fully saturated rings. The van der Waals surface area contributed by atoms with Gasteiger partial charge in [0.1, 0.15) is 6.61 Å². The number of likely N-dealkylation sites (N-methyl/N-ethyl adjacent to an activating group) is 1. The number of nitrogens with one attached hydrogen (secondary N) is 1. The number of hydrogen-bond acceptors (Lipinski definition) is 3. The van der Waals surface area contributed by atoms with Crippen molar-refractivity contribution in [3.8, 4) is 0 Å². The number of aryl methyl sites for hydroxylation is 2. The van der Waals surface area contributed by atoms with Crippen LogP contribution in [0.2, 0.25) is 0 Å². The van der Waals surface area contributed by atoms with E-state index in [-0.39, 0.29) is 12.6 Å². The van der Waals surface area contributed by atoms with Crippen LogP contribution in [0.25, 0.3) is 0 Å². The lowest BCUT2D eigenvalue weighted by Crippen LogP contribution is -2.30. The van der Waals surface area contributed by atoms with Crippen LogP contribution in [0.15, 0.2) is 6.07 Å². The fourth-order valence-corrected chi connectivity index (χ4v) is 2.05. The molecule has 0 bridgehead atoms. The van der Waals surface area contributed by atoms with Crippen LogP contribution in [0.3, 0.4) is 0 Å². The quantitative estimate of drug-likeness (QED) is 0.748. The van der Waals surface area contributed by atoms with Gasteiger partial charge in [-0.15, -0.1) is 0 Å². The zero-order chi connectivity index (χ0) is 15.2. The van der Waals surface area contributed by atoms with Crippen LogP contribution >= 0.6 is 0 Å². The molecule has 4 nitrogen and oxygen atoms in total. The minimum atomic E-state index is -4.26. The zero-order valence-electron chi connectivity index (χ0n) is 12.1. The third-order valence-corrected chi connectivity index (χ3v) is 3.03. The minimum Gasteiger partial charge on any atom is -0.372 e. The highest BCUT2D eigenvalue weighted by atomic mass is 19.4. The molecular formula is C13H22F3N3O. The number of alkyl halides is 3. The van der Waals surface area contributed by atoms with Gasteiger partial charge in [-0.25, -0.2) is 0 Å². The van der Waals surface area contributed by atoms with Gasteiger partial charge < -0.3 is 10.1 Å². The Bertz CT molecular complexity index is 404. The fraction of sp³-hybridized carbons (Fsp3) is 0.769. The summed E-state index contributed by atoms with van der Waals surface area (Å²) in [6.45, 7) is 3.62. The van der Waals surface area contributed by atoms with Crippen LogP contribution in [-0.4, -0.2) is 42.3 Å². The molecule has 1 N–H and O–H groups in total. The lowest BCUT2D eigenvalue weighted by molar-refractivity contribution is -0.174. The van der Waals surface area contributed by atoms with Gasteiger partial charge in [0.15, 0.2) is 0 Å². The Balaban J connectivity index is 2.42. The summed E-state index contributed by atoms with van der Waals surface area (Å²) in [6, 6.07) is 2.08. The SMILES string of the molecule is CCn1nc(C)cc1CC(CCOCC(F)(F)F)NC.